The second kappa shape index (κ2) is 9.40. The van der Waals surface area contributed by atoms with E-state index in [9.17, 15) is 14.4 Å². The summed E-state index contributed by atoms with van der Waals surface area (Å²) in [5.74, 6) is -2.20. The van der Waals surface area contributed by atoms with E-state index in [1.54, 1.807) is 0 Å². The van der Waals surface area contributed by atoms with Gasteiger partial charge in [0.2, 0.25) is 0 Å². The van der Waals surface area contributed by atoms with Gasteiger partial charge >= 0.3 is 12.1 Å². The van der Waals surface area contributed by atoms with E-state index in [4.69, 9.17) is 14.6 Å². The topological polar surface area (TPSA) is 114 Å². The number of carboxylic acids is 1. The molecule has 0 aromatic heterocycles. The molecule has 3 N–H and O–H groups in total. The number of hydrogen-bond acceptors (Lipinski definition) is 5. The number of rotatable bonds is 7. The zero-order valence-corrected chi connectivity index (χ0v) is 17.7. The summed E-state index contributed by atoms with van der Waals surface area (Å²) in [6, 6.07) is 15.6. The maximum atomic E-state index is 12.5. The van der Waals surface area contributed by atoms with Gasteiger partial charge in [0.1, 0.15) is 6.61 Å². The van der Waals surface area contributed by atoms with E-state index < -0.39 is 36.0 Å². The fourth-order valence-electron chi connectivity index (χ4n) is 4.23. The Labute approximate surface area is 185 Å². The molecule has 168 valence electrons. The van der Waals surface area contributed by atoms with Crippen molar-refractivity contribution in [3.05, 3.63) is 59.7 Å². The molecule has 1 fully saturated rings. The summed E-state index contributed by atoms with van der Waals surface area (Å²) in [7, 11) is 0. The molecule has 2 aromatic carbocycles. The molecule has 0 saturated carbocycles. The zero-order valence-electron chi connectivity index (χ0n) is 17.7. The smallest absolute Gasteiger partial charge is 0.407 e. The van der Waals surface area contributed by atoms with Gasteiger partial charge in [-0.3, -0.25) is 9.59 Å². The SMILES string of the molecule is CC(CNC(=O)C1OCCC1NC(=O)OCC1c2ccccc2-c2ccccc21)C(=O)O. The molecule has 8 nitrogen and oxygen atoms in total. The van der Waals surface area contributed by atoms with Gasteiger partial charge in [0.05, 0.1) is 12.0 Å². The molecule has 8 heteroatoms. The standard InChI is InChI=1S/C24H26N2O6/c1-14(23(28)29)12-25-22(27)21-20(10-11-31-21)26-24(30)32-13-19-17-8-4-2-6-15(17)16-7-3-5-9-18(16)19/h2-9,14,19-21H,10-13H2,1H3,(H,25,27)(H,26,30)(H,28,29). The first-order valence-corrected chi connectivity index (χ1v) is 10.7. The molecule has 0 spiro atoms. The van der Waals surface area contributed by atoms with E-state index in [0.717, 1.165) is 22.3 Å². The number of carbonyl (C=O) groups excluding carboxylic acids is 2. The minimum atomic E-state index is -0.994. The van der Waals surface area contributed by atoms with Crippen molar-refractivity contribution in [1.29, 1.82) is 0 Å². The van der Waals surface area contributed by atoms with Crippen LogP contribution >= 0.6 is 0 Å². The van der Waals surface area contributed by atoms with E-state index in [2.05, 4.69) is 22.8 Å². The second-order valence-electron chi connectivity index (χ2n) is 8.14. The van der Waals surface area contributed by atoms with Crippen molar-refractivity contribution in [3.8, 4) is 11.1 Å². The number of amides is 2. The highest BCUT2D eigenvalue weighted by Gasteiger charge is 2.36. The van der Waals surface area contributed by atoms with Crippen LogP contribution in [0.15, 0.2) is 48.5 Å². The Bertz CT molecular complexity index is 978. The number of alkyl carbamates (subject to hydrolysis) is 1. The van der Waals surface area contributed by atoms with Crippen molar-refractivity contribution in [1.82, 2.24) is 10.6 Å². The fraction of sp³-hybridized carbons (Fsp3) is 0.375. The van der Waals surface area contributed by atoms with E-state index in [1.165, 1.54) is 6.92 Å². The van der Waals surface area contributed by atoms with Crippen LogP contribution in [0.4, 0.5) is 4.79 Å². The third-order valence-electron chi connectivity index (χ3n) is 6.00. The highest BCUT2D eigenvalue weighted by atomic mass is 16.6. The van der Waals surface area contributed by atoms with E-state index in [0.29, 0.717) is 13.0 Å². The van der Waals surface area contributed by atoms with Gasteiger partial charge in [-0.2, -0.15) is 0 Å². The van der Waals surface area contributed by atoms with Gasteiger partial charge in [-0.1, -0.05) is 55.5 Å². The molecule has 1 aliphatic heterocycles. The van der Waals surface area contributed by atoms with Gasteiger partial charge in [0, 0.05) is 19.1 Å². The molecule has 0 bridgehead atoms. The van der Waals surface area contributed by atoms with Crippen LogP contribution in [0.2, 0.25) is 0 Å². The molecule has 1 aliphatic carbocycles. The Kier molecular flexibility index (Phi) is 6.41. The summed E-state index contributed by atoms with van der Waals surface area (Å²) >= 11 is 0. The van der Waals surface area contributed by atoms with Crippen LogP contribution in [0.3, 0.4) is 0 Å². The number of carbonyl (C=O) groups is 3. The molecule has 32 heavy (non-hydrogen) atoms. The number of benzene rings is 2. The first-order chi connectivity index (χ1) is 15.5. The van der Waals surface area contributed by atoms with Gasteiger partial charge in [0.15, 0.2) is 6.10 Å². The molecule has 1 saturated heterocycles. The van der Waals surface area contributed by atoms with Gasteiger partial charge in [0.25, 0.3) is 5.91 Å². The average Bonchev–Trinajstić information content (AvgIpc) is 3.38. The third kappa shape index (κ3) is 4.45. The van der Waals surface area contributed by atoms with E-state index in [1.807, 2.05) is 36.4 Å². The second-order valence-corrected chi connectivity index (χ2v) is 8.14. The normalized spacial score (nSPS) is 20.2. The van der Waals surface area contributed by atoms with Crippen LogP contribution in [0.25, 0.3) is 11.1 Å². The molecule has 2 amide bonds. The van der Waals surface area contributed by atoms with Gasteiger partial charge < -0.3 is 25.2 Å². The molecule has 1 heterocycles. The molecular formula is C24H26N2O6. The van der Waals surface area contributed by atoms with Crippen LogP contribution in [-0.4, -0.2) is 55.0 Å². The molecule has 2 aliphatic rings. The Hall–Kier alpha value is -3.39. The lowest BCUT2D eigenvalue weighted by Gasteiger charge is -2.20. The maximum absolute atomic E-state index is 12.5. The van der Waals surface area contributed by atoms with Crippen molar-refractivity contribution in [3.63, 3.8) is 0 Å². The number of hydrogen-bond donors (Lipinski definition) is 3. The van der Waals surface area contributed by atoms with Crippen molar-refractivity contribution < 1.29 is 29.0 Å². The number of aliphatic carboxylic acids is 1. The number of nitrogens with one attached hydrogen (secondary N) is 2. The Morgan fingerprint density at radius 2 is 1.72 bits per heavy atom. The molecular weight excluding hydrogens is 412 g/mol. The summed E-state index contributed by atoms with van der Waals surface area (Å²) < 4.78 is 11.0. The minimum Gasteiger partial charge on any atom is -0.481 e. The first kappa shape index (κ1) is 21.8. The monoisotopic (exact) mass is 438 g/mol. The predicted molar refractivity (Wildman–Crippen MR) is 116 cm³/mol. The largest absolute Gasteiger partial charge is 0.481 e. The van der Waals surface area contributed by atoms with Gasteiger partial charge in [-0.15, -0.1) is 0 Å². The summed E-state index contributed by atoms with van der Waals surface area (Å²) in [4.78, 5) is 35.8. The number of carboxylic acid groups (broad SMARTS) is 1. The maximum Gasteiger partial charge on any atom is 0.407 e. The van der Waals surface area contributed by atoms with Crippen molar-refractivity contribution in [2.45, 2.75) is 31.4 Å². The molecule has 4 rings (SSSR count). The summed E-state index contributed by atoms with van der Waals surface area (Å²) in [6.07, 6.45) is -1.02. The third-order valence-corrected chi connectivity index (χ3v) is 6.00. The van der Waals surface area contributed by atoms with E-state index in [-0.39, 0.29) is 19.1 Å². The summed E-state index contributed by atoms with van der Waals surface area (Å²) in [5, 5.41) is 14.2. The lowest BCUT2D eigenvalue weighted by molar-refractivity contribution is -0.141. The van der Waals surface area contributed by atoms with E-state index >= 15 is 0 Å². The highest BCUT2D eigenvalue weighted by molar-refractivity contribution is 5.83. The molecule has 0 radical (unpaired) electrons. The average molecular weight is 438 g/mol. The zero-order chi connectivity index (χ0) is 22.7. The van der Waals surface area contributed by atoms with Gasteiger partial charge in [-0.05, 0) is 28.7 Å². The number of ether oxygens (including phenoxy) is 2. The quantitative estimate of drug-likeness (QED) is 0.612. The van der Waals surface area contributed by atoms with Crippen LogP contribution in [-0.2, 0) is 19.1 Å². The van der Waals surface area contributed by atoms with Crippen LogP contribution in [0.5, 0.6) is 0 Å². The Morgan fingerprint density at radius 3 is 2.34 bits per heavy atom. The fourth-order valence-corrected chi connectivity index (χ4v) is 4.23. The number of fused-ring (bicyclic) bond motifs is 3. The minimum absolute atomic E-state index is 0.00824. The van der Waals surface area contributed by atoms with Gasteiger partial charge in [-0.25, -0.2) is 4.79 Å². The predicted octanol–water partition coefficient (Wildman–Crippen LogP) is 2.52. The lowest BCUT2D eigenvalue weighted by Crippen LogP contribution is -2.49. The Morgan fingerprint density at radius 1 is 1.09 bits per heavy atom. The van der Waals surface area contributed by atoms with Crippen molar-refractivity contribution in [2.75, 3.05) is 19.8 Å². The molecule has 3 atom stereocenters. The van der Waals surface area contributed by atoms with Crippen LogP contribution in [0.1, 0.15) is 30.4 Å². The molecule has 3 unspecified atom stereocenters. The molecule has 2 aromatic rings. The first-order valence-electron chi connectivity index (χ1n) is 10.7. The van der Waals surface area contributed by atoms with Crippen molar-refractivity contribution >= 4 is 18.0 Å². The lowest BCUT2D eigenvalue weighted by atomic mass is 9.98. The highest BCUT2D eigenvalue weighted by Crippen LogP contribution is 2.44. The van der Waals surface area contributed by atoms with Crippen molar-refractivity contribution in [2.24, 2.45) is 5.92 Å². The van der Waals surface area contributed by atoms with Crippen LogP contribution in [0, 0.1) is 5.92 Å². The van der Waals surface area contributed by atoms with Crippen LogP contribution < -0.4 is 10.6 Å². The summed E-state index contributed by atoms with van der Waals surface area (Å²) in [6.45, 7) is 2.00. The Balaban J connectivity index is 1.34. The summed E-state index contributed by atoms with van der Waals surface area (Å²) in [5.41, 5.74) is 4.54.